The van der Waals surface area contributed by atoms with Gasteiger partial charge in [0.05, 0.1) is 6.04 Å². The van der Waals surface area contributed by atoms with Gasteiger partial charge in [-0.3, -0.25) is 9.59 Å². The van der Waals surface area contributed by atoms with E-state index in [4.69, 9.17) is 5.73 Å². The van der Waals surface area contributed by atoms with Crippen molar-refractivity contribution in [1.29, 1.82) is 0 Å². The molecule has 0 aromatic carbocycles. The lowest BCUT2D eigenvalue weighted by Crippen LogP contribution is -2.36. The van der Waals surface area contributed by atoms with E-state index in [9.17, 15) is 9.59 Å². The minimum atomic E-state index is -0.333. The molecule has 1 amide bonds. The minimum absolute atomic E-state index is 0.0616. The van der Waals surface area contributed by atoms with E-state index in [1.54, 1.807) is 0 Å². The van der Waals surface area contributed by atoms with Crippen molar-refractivity contribution in [2.75, 3.05) is 13.1 Å². The summed E-state index contributed by atoms with van der Waals surface area (Å²) in [6.07, 6.45) is 4.70. The number of primary amides is 1. The fraction of sp³-hybridized carbons (Fsp3) is 0.846. The average Bonchev–Trinajstić information content (AvgIpc) is 2.32. The molecule has 5 heteroatoms. The van der Waals surface area contributed by atoms with Gasteiger partial charge in [0.25, 0.3) is 0 Å². The third kappa shape index (κ3) is 15.1. The summed E-state index contributed by atoms with van der Waals surface area (Å²) < 4.78 is 0. The van der Waals surface area contributed by atoms with Crippen LogP contribution in [0.1, 0.15) is 52.9 Å². The minimum Gasteiger partial charge on any atom is -0.370 e. The van der Waals surface area contributed by atoms with Crippen LogP contribution in [0.2, 0.25) is 0 Å². The van der Waals surface area contributed by atoms with Gasteiger partial charge in [0.15, 0.2) is 0 Å². The van der Waals surface area contributed by atoms with Crippen molar-refractivity contribution in [3.63, 3.8) is 0 Å². The highest BCUT2D eigenvalue weighted by Gasteiger charge is 2.14. The Morgan fingerprint density at radius 1 is 1.22 bits per heavy atom. The molecule has 0 bridgehead atoms. The van der Waals surface area contributed by atoms with Crippen LogP contribution in [0.4, 0.5) is 0 Å². The van der Waals surface area contributed by atoms with E-state index < -0.39 is 0 Å². The number of carbonyl (C=O) groups is 2. The van der Waals surface area contributed by atoms with Crippen molar-refractivity contribution < 1.29 is 9.59 Å². The molecule has 5 nitrogen and oxygen atoms in total. The van der Waals surface area contributed by atoms with E-state index in [1.165, 1.54) is 6.92 Å². The molecule has 0 saturated carbocycles. The summed E-state index contributed by atoms with van der Waals surface area (Å²) in [6, 6.07) is 0.0616. The van der Waals surface area contributed by atoms with Gasteiger partial charge in [0, 0.05) is 13.3 Å². The normalized spacial score (nSPS) is 11.3. The van der Waals surface area contributed by atoms with Gasteiger partial charge in [-0.2, -0.15) is 0 Å². The van der Waals surface area contributed by atoms with Crippen LogP contribution >= 0.6 is 0 Å². The first kappa shape index (κ1) is 19.4. The second kappa shape index (κ2) is 14.1. The molecule has 0 heterocycles. The number of Topliss-reactive ketones (excluding diaryl/α,β-unsaturated/α-hetero) is 1. The van der Waals surface area contributed by atoms with E-state index in [0.29, 0.717) is 12.2 Å². The first-order valence-electron chi connectivity index (χ1n) is 6.71. The predicted octanol–water partition coefficient (Wildman–Crippen LogP) is 0.954. The van der Waals surface area contributed by atoms with E-state index in [1.807, 2.05) is 6.92 Å². The molecule has 0 aromatic heterocycles. The first-order valence-corrected chi connectivity index (χ1v) is 6.71. The standard InChI is InChI=1S/C11H24N2O.C2H5NO/c1-3-9-13-10(11(14)4-2)7-5-6-8-12;1-2(3)4/h10,13H,3-9,12H2,1-2H3;1H3,(H2,3,4)/t10-;/m0./s1. The number of nitrogens with one attached hydrogen (secondary N) is 1. The van der Waals surface area contributed by atoms with Crippen molar-refractivity contribution in [1.82, 2.24) is 5.32 Å². The maximum atomic E-state index is 11.5. The van der Waals surface area contributed by atoms with Gasteiger partial charge in [-0.25, -0.2) is 0 Å². The molecule has 0 radical (unpaired) electrons. The number of amides is 1. The van der Waals surface area contributed by atoms with E-state index in [2.05, 4.69) is 18.0 Å². The SMILES string of the molecule is CC(N)=O.CCCN[C@@H](CCCCN)C(=O)CC. The molecule has 0 fully saturated rings. The fourth-order valence-electron chi connectivity index (χ4n) is 1.43. The Balaban J connectivity index is 0. The van der Waals surface area contributed by atoms with Gasteiger partial charge < -0.3 is 16.8 Å². The number of nitrogens with two attached hydrogens (primary N) is 2. The van der Waals surface area contributed by atoms with Crippen LogP contribution < -0.4 is 16.8 Å². The van der Waals surface area contributed by atoms with Gasteiger partial charge in [0.2, 0.25) is 5.91 Å². The number of ketones is 1. The van der Waals surface area contributed by atoms with Crippen LogP contribution in [0.25, 0.3) is 0 Å². The van der Waals surface area contributed by atoms with Gasteiger partial charge >= 0.3 is 0 Å². The van der Waals surface area contributed by atoms with Crippen molar-refractivity contribution in [3.05, 3.63) is 0 Å². The largest absolute Gasteiger partial charge is 0.370 e. The Hall–Kier alpha value is -0.940. The Labute approximate surface area is 111 Å². The maximum absolute atomic E-state index is 11.5. The topological polar surface area (TPSA) is 98.2 Å². The van der Waals surface area contributed by atoms with Gasteiger partial charge in [-0.1, -0.05) is 20.3 Å². The predicted molar refractivity (Wildman–Crippen MR) is 75.2 cm³/mol. The highest BCUT2D eigenvalue weighted by atomic mass is 16.1. The number of hydrogen-bond donors (Lipinski definition) is 3. The molecule has 18 heavy (non-hydrogen) atoms. The molecule has 0 aliphatic rings. The molecule has 0 spiro atoms. The molecule has 0 unspecified atom stereocenters. The van der Waals surface area contributed by atoms with Gasteiger partial charge in [0.1, 0.15) is 5.78 Å². The molecule has 108 valence electrons. The lowest BCUT2D eigenvalue weighted by atomic mass is 10.0. The van der Waals surface area contributed by atoms with E-state index in [-0.39, 0.29) is 11.9 Å². The monoisotopic (exact) mass is 259 g/mol. The highest BCUT2D eigenvalue weighted by molar-refractivity contribution is 5.83. The lowest BCUT2D eigenvalue weighted by molar-refractivity contribution is -0.121. The smallest absolute Gasteiger partial charge is 0.214 e. The quantitative estimate of drug-likeness (QED) is 0.537. The molecule has 5 N–H and O–H groups in total. The Morgan fingerprint density at radius 3 is 2.17 bits per heavy atom. The number of rotatable bonds is 9. The summed E-state index contributed by atoms with van der Waals surface area (Å²) >= 11 is 0. The number of hydrogen-bond acceptors (Lipinski definition) is 4. The Kier molecular flexibility index (Phi) is 15.2. The molecule has 0 saturated heterocycles. The van der Waals surface area contributed by atoms with Crippen LogP contribution in [0.5, 0.6) is 0 Å². The van der Waals surface area contributed by atoms with Crippen molar-refractivity contribution in [3.8, 4) is 0 Å². The summed E-state index contributed by atoms with van der Waals surface area (Å²) in [6.45, 7) is 6.99. The molecule has 0 aliphatic carbocycles. The van der Waals surface area contributed by atoms with Crippen LogP contribution in [-0.2, 0) is 9.59 Å². The third-order valence-corrected chi connectivity index (χ3v) is 2.32. The van der Waals surface area contributed by atoms with E-state index >= 15 is 0 Å². The van der Waals surface area contributed by atoms with Crippen molar-refractivity contribution >= 4 is 11.7 Å². The molecule has 0 rings (SSSR count). The molecule has 0 aromatic rings. The lowest BCUT2D eigenvalue weighted by Gasteiger charge is -2.16. The zero-order chi connectivity index (χ0) is 14.4. The van der Waals surface area contributed by atoms with Crippen LogP contribution in [-0.4, -0.2) is 30.8 Å². The Bertz CT molecular complexity index is 216. The summed E-state index contributed by atoms with van der Waals surface area (Å²) in [7, 11) is 0. The maximum Gasteiger partial charge on any atom is 0.214 e. The number of unbranched alkanes of at least 4 members (excludes halogenated alkanes) is 1. The highest BCUT2D eigenvalue weighted by Crippen LogP contribution is 2.03. The molecule has 0 aliphatic heterocycles. The second-order valence-electron chi connectivity index (χ2n) is 4.22. The fourth-order valence-corrected chi connectivity index (χ4v) is 1.43. The van der Waals surface area contributed by atoms with Crippen LogP contribution in [0.15, 0.2) is 0 Å². The second-order valence-corrected chi connectivity index (χ2v) is 4.22. The molecular formula is C13H29N3O2. The average molecular weight is 259 g/mol. The van der Waals surface area contributed by atoms with E-state index in [0.717, 1.165) is 38.8 Å². The zero-order valence-corrected chi connectivity index (χ0v) is 12.0. The Morgan fingerprint density at radius 2 is 1.78 bits per heavy atom. The van der Waals surface area contributed by atoms with Crippen molar-refractivity contribution in [2.24, 2.45) is 11.5 Å². The summed E-state index contributed by atoms with van der Waals surface area (Å²) in [5, 5.41) is 3.29. The zero-order valence-electron chi connectivity index (χ0n) is 12.0. The summed E-state index contributed by atoms with van der Waals surface area (Å²) in [5.41, 5.74) is 9.89. The molecular weight excluding hydrogens is 230 g/mol. The first-order chi connectivity index (χ1) is 8.49. The third-order valence-electron chi connectivity index (χ3n) is 2.32. The molecule has 1 atom stereocenters. The number of carbonyl (C=O) groups excluding carboxylic acids is 2. The summed E-state index contributed by atoms with van der Waals surface area (Å²) in [4.78, 5) is 20.7. The van der Waals surface area contributed by atoms with Crippen molar-refractivity contribution in [2.45, 2.75) is 58.9 Å². The van der Waals surface area contributed by atoms with Gasteiger partial charge in [-0.15, -0.1) is 0 Å². The summed E-state index contributed by atoms with van der Waals surface area (Å²) in [5.74, 6) is -0.00419. The van der Waals surface area contributed by atoms with Crippen LogP contribution in [0, 0.1) is 0 Å². The van der Waals surface area contributed by atoms with Gasteiger partial charge in [-0.05, 0) is 32.4 Å². The van der Waals surface area contributed by atoms with Crippen LogP contribution in [0.3, 0.4) is 0 Å².